The number of nitrogen functional groups attached to an aromatic ring is 1. The summed E-state index contributed by atoms with van der Waals surface area (Å²) < 4.78 is 2.02. The minimum atomic E-state index is 0.809. The minimum absolute atomic E-state index is 0.809. The van der Waals surface area contributed by atoms with Crippen molar-refractivity contribution in [1.29, 1.82) is 0 Å². The fourth-order valence-electron chi connectivity index (χ4n) is 1.63. The van der Waals surface area contributed by atoms with Crippen LogP contribution in [0.2, 0.25) is 0 Å². The molecule has 2 aromatic rings. The number of aromatic nitrogens is 1. The molecule has 0 unspecified atom stereocenters. The molecule has 1 aromatic carbocycles. The molecular formula is C13H15N2+. The second-order valence-electron chi connectivity index (χ2n) is 3.83. The van der Waals surface area contributed by atoms with Gasteiger partial charge in [0.25, 0.3) is 0 Å². The van der Waals surface area contributed by atoms with E-state index in [0.717, 1.165) is 5.69 Å². The first kappa shape index (κ1) is 9.71. The highest BCUT2D eigenvalue weighted by Crippen LogP contribution is 2.24. The molecule has 0 aliphatic heterocycles. The summed E-state index contributed by atoms with van der Waals surface area (Å²) in [5.74, 6) is 0. The minimum Gasteiger partial charge on any atom is -0.399 e. The highest BCUT2D eigenvalue weighted by atomic mass is 14.9. The maximum Gasteiger partial charge on any atom is 0.169 e. The van der Waals surface area contributed by atoms with E-state index in [1.165, 1.54) is 16.7 Å². The monoisotopic (exact) mass is 199 g/mol. The number of anilines is 1. The van der Waals surface area contributed by atoms with Crippen LogP contribution < -0.4 is 10.3 Å². The van der Waals surface area contributed by atoms with E-state index in [0.29, 0.717) is 0 Å². The standard InChI is InChI=1S/C13H15N2/c1-10-3-4-12(14)9-13(10)11-5-7-15(2)8-6-11/h3-9H,14H2,1-2H3/q+1. The molecule has 0 amide bonds. The number of benzene rings is 1. The third-order valence-electron chi connectivity index (χ3n) is 2.55. The SMILES string of the molecule is Cc1ccc(N)cc1-c1cc[n+](C)cc1. The van der Waals surface area contributed by atoms with Gasteiger partial charge in [0.2, 0.25) is 0 Å². The summed E-state index contributed by atoms with van der Waals surface area (Å²) in [4.78, 5) is 0. The van der Waals surface area contributed by atoms with E-state index in [1.807, 2.05) is 36.1 Å². The molecule has 2 nitrogen and oxygen atoms in total. The molecule has 0 spiro atoms. The second-order valence-corrected chi connectivity index (χ2v) is 3.83. The number of nitrogens with zero attached hydrogens (tertiary/aromatic N) is 1. The molecule has 2 N–H and O–H groups in total. The Hall–Kier alpha value is -1.83. The first-order valence-electron chi connectivity index (χ1n) is 4.98. The molecular weight excluding hydrogens is 184 g/mol. The molecule has 0 atom stereocenters. The average Bonchev–Trinajstić information content (AvgIpc) is 2.23. The van der Waals surface area contributed by atoms with Crippen LogP contribution in [0, 0.1) is 6.92 Å². The summed E-state index contributed by atoms with van der Waals surface area (Å²) >= 11 is 0. The summed E-state index contributed by atoms with van der Waals surface area (Å²) in [5.41, 5.74) is 10.3. The summed E-state index contributed by atoms with van der Waals surface area (Å²) in [6, 6.07) is 10.2. The van der Waals surface area contributed by atoms with Crippen LogP contribution in [0.1, 0.15) is 5.56 Å². The van der Waals surface area contributed by atoms with Gasteiger partial charge in [0.15, 0.2) is 12.4 Å². The Labute approximate surface area is 90.0 Å². The molecule has 15 heavy (non-hydrogen) atoms. The third kappa shape index (κ3) is 1.99. The largest absolute Gasteiger partial charge is 0.399 e. The maximum absolute atomic E-state index is 5.79. The van der Waals surface area contributed by atoms with Crippen molar-refractivity contribution in [2.45, 2.75) is 6.92 Å². The molecule has 2 rings (SSSR count). The normalized spacial score (nSPS) is 10.3. The van der Waals surface area contributed by atoms with E-state index < -0.39 is 0 Å². The first-order valence-corrected chi connectivity index (χ1v) is 4.98. The number of rotatable bonds is 1. The molecule has 1 aromatic heterocycles. The molecule has 76 valence electrons. The summed E-state index contributed by atoms with van der Waals surface area (Å²) in [7, 11) is 2.01. The van der Waals surface area contributed by atoms with Gasteiger partial charge in [-0.2, -0.15) is 0 Å². The van der Waals surface area contributed by atoms with Gasteiger partial charge in [-0.3, -0.25) is 0 Å². The molecule has 0 fully saturated rings. The van der Waals surface area contributed by atoms with E-state index in [9.17, 15) is 0 Å². The van der Waals surface area contributed by atoms with Crippen molar-refractivity contribution in [3.05, 3.63) is 48.3 Å². The third-order valence-corrected chi connectivity index (χ3v) is 2.55. The zero-order valence-electron chi connectivity index (χ0n) is 9.07. The Morgan fingerprint density at radius 3 is 2.40 bits per heavy atom. The molecule has 0 bridgehead atoms. The Morgan fingerprint density at radius 2 is 1.73 bits per heavy atom. The number of nitrogens with two attached hydrogens (primary N) is 1. The van der Waals surface area contributed by atoms with Crippen molar-refractivity contribution in [3.8, 4) is 11.1 Å². The highest BCUT2D eigenvalue weighted by molar-refractivity contribution is 5.70. The fourth-order valence-corrected chi connectivity index (χ4v) is 1.63. The average molecular weight is 199 g/mol. The van der Waals surface area contributed by atoms with Gasteiger partial charge in [0.1, 0.15) is 7.05 Å². The van der Waals surface area contributed by atoms with E-state index in [-0.39, 0.29) is 0 Å². The van der Waals surface area contributed by atoms with Crippen molar-refractivity contribution in [3.63, 3.8) is 0 Å². The molecule has 0 aliphatic carbocycles. The zero-order valence-corrected chi connectivity index (χ0v) is 9.07. The van der Waals surface area contributed by atoms with Gasteiger partial charge < -0.3 is 5.73 Å². The van der Waals surface area contributed by atoms with Crippen LogP contribution in [0.15, 0.2) is 42.7 Å². The van der Waals surface area contributed by atoms with Crippen molar-refractivity contribution in [2.75, 3.05) is 5.73 Å². The van der Waals surface area contributed by atoms with Gasteiger partial charge in [0, 0.05) is 17.8 Å². The molecule has 0 radical (unpaired) electrons. The van der Waals surface area contributed by atoms with Crippen LogP contribution in [0.5, 0.6) is 0 Å². The molecule has 1 heterocycles. The van der Waals surface area contributed by atoms with Crippen LogP contribution >= 0.6 is 0 Å². The number of aryl methyl sites for hydroxylation is 2. The Bertz CT molecular complexity index is 472. The quantitative estimate of drug-likeness (QED) is 0.553. The zero-order chi connectivity index (χ0) is 10.8. The van der Waals surface area contributed by atoms with Crippen molar-refractivity contribution >= 4 is 5.69 Å². The number of pyridine rings is 1. The van der Waals surface area contributed by atoms with Gasteiger partial charge in [-0.05, 0) is 35.7 Å². The van der Waals surface area contributed by atoms with Gasteiger partial charge in [-0.25, -0.2) is 4.57 Å². The number of hydrogen-bond acceptors (Lipinski definition) is 1. The van der Waals surface area contributed by atoms with Gasteiger partial charge in [-0.15, -0.1) is 0 Å². The van der Waals surface area contributed by atoms with Crippen molar-refractivity contribution in [2.24, 2.45) is 7.05 Å². The molecule has 0 aliphatic rings. The van der Waals surface area contributed by atoms with E-state index in [1.54, 1.807) is 0 Å². The first-order chi connectivity index (χ1) is 7.16. The highest BCUT2D eigenvalue weighted by Gasteiger charge is 2.03. The Kier molecular flexibility index (Phi) is 2.42. The smallest absolute Gasteiger partial charge is 0.169 e. The van der Waals surface area contributed by atoms with Gasteiger partial charge in [0.05, 0.1) is 0 Å². The number of hydrogen-bond donors (Lipinski definition) is 1. The molecule has 2 heteroatoms. The van der Waals surface area contributed by atoms with Crippen molar-refractivity contribution < 1.29 is 4.57 Å². The maximum atomic E-state index is 5.79. The Balaban J connectivity index is 2.53. The van der Waals surface area contributed by atoms with Crippen molar-refractivity contribution in [1.82, 2.24) is 0 Å². The summed E-state index contributed by atoms with van der Waals surface area (Å²) in [6.07, 6.45) is 4.08. The Morgan fingerprint density at radius 1 is 1.07 bits per heavy atom. The van der Waals surface area contributed by atoms with Gasteiger partial charge in [-0.1, -0.05) is 6.07 Å². The lowest BCUT2D eigenvalue weighted by Gasteiger charge is -2.05. The van der Waals surface area contributed by atoms with Gasteiger partial charge >= 0.3 is 0 Å². The van der Waals surface area contributed by atoms with Crippen LogP contribution in [-0.4, -0.2) is 0 Å². The summed E-state index contributed by atoms with van der Waals surface area (Å²) in [6.45, 7) is 2.10. The lowest BCUT2D eigenvalue weighted by atomic mass is 10.0. The van der Waals surface area contributed by atoms with E-state index >= 15 is 0 Å². The van der Waals surface area contributed by atoms with E-state index in [2.05, 4.69) is 25.1 Å². The lowest BCUT2D eigenvalue weighted by Crippen LogP contribution is -2.25. The molecule has 0 saturated carbocycles. The summed E-state index contributed by atoms with van der Waals surface area (Å²) in [5, 5.41) is 0. The fraction of sp³-hybridized carbons (Fsp3) is 0.154. The predicted molar refractivity (Wildman–Crippen MR) is 62.2 cm³/mol. The van der Waals surface area contributed by atoms with Crippen LogP contribution in [0.25, 0.3) is 11.1 Å². The van der Waals surface area contributed by atoms with Crippen LogP contribution in [-0.2, 0) is 7.05 Å². The topological polar surface area (TPSA) is 29.9 Å². The van der Waals surface area contributed by atoms with Crippen LogP contribution in [0.3, 0.4) is 0 Å². The second kappa shape index (κ2) is 3.73. The molecule has 0 saturated heterocycles. The van der Waals surface area contributed by atoms with E-state index in [4.69, 9.17) is 5.73 Å². The lowest BCUT2D eigenvalue weighted by molar-refractivity contribution is -0.671. The van der Waals surface area contributed by atoms with Crippen LogP contribution in [0.4, 0.5) is 5.69 Å². The predicted octanol–water partition coefficient (Wildman–Crippen LogP) is 2.07.